The van der Waals surface area contributed by atoms with Gasteiger partial charge in [0.05, 0.1) is 0 Å². The number of hydrogen-bond donors (Lipinski definition) is 0. The molecule has 6 aromatic carbocycles. The van der Waals surface area contributed by atoms with Gasteiger partial charge in [-0.15, -0.1) is 53.6 Å². The Hall–Kier alpha value is -5.71. The summed E-state index contributed by atoms with van der Waals surface area (Å²) in [5.74, 6) is 2.80. The van der Waals surface area contributed by atoms with Gasteiger partial charge >= 0.3 is 0 Å². The average Bonchev–Trinajstić information content (AvgIpc) is 3.75. The summed E-state index contributed by atoms with van der Waals surface area (Å²) in [6, 6.07) is 48.5. The average molecular weight is 969 g/mol. The van der Waals surface area contributed by atoms with Crippen LogP contribution in [0.3, 0.4) is 0 Å². The van der Waals surface area contributed by atoms with Crippen molar-refractivity contribution in [3.8, 4) is 28.4 Å². The van der Waals surface area contributed by atoms with Crippen molar-refractivity contribution in [3.05, 3.63) is 174 Å². The summed E-state index contributed by atoms with van der Waals surface area (Å²) in [4.78, 5) is 9.37. The number of pyridine rings is 1. The Labute approximate surface area is 366 Å². The molecule has 0 amide bonds. The van der Waals surface area contributed by atoms with Crippen molar-refractivity contribution in [1.29, 1.82) is 0 Å². The van der Waals surface area contributed by atoms with Crippen LogP contribution in [0, 0.1) is 31.5 Å². The predicted octanol–water partition coefficient (Wildman–Crippen LogP) is 14.6. The quantitative estimate of drug-likeness (QED) is 0.135. The standard InChI is InChI=1S/C53H46FN4O.Pt/c1-33(2)46-28-39(37-14-11-15-40(54)25-37)29-47(34(3)4)53(46)57-32-56(49-18-8-9-19-50(49)57)41-26-38(36-12-10-13-36)27-43(30-41)59-42-20-21-45-44-16-6-7-17-48(44)58(51(45)31-42)52-24-35(5)22-23-55-52;/h6-9,11,14-29,32-34,36H,10,12-13H2,1-5H3;/q-3;. The van der Waals surface area contributed by atoms with Gasteiger partial charge < -0.3 is 19.1 Å². The molecule has 304 valence electrons. The second kappa shape index (κ2) is 16.0. The van der Waals surface area contributed by atoms with Gasteiger partial charge in [-0.2, -0.15) is 6.07 Å². The molecular formula is C53H46FN4OPt-3. The van der Waals surface area contributed by atoms with Crippen LogP contribution in [0.1, 0.15) is 87.0 Å². The van der Waals surface area contributed by atoms with E-state index in [0.29, 0.717) is 17.4 Å². The molecule has 0 unspecified atom stereocenters. The van der Waals surface area contributed by atoms with E-state index in [4.69, 9.17) is 9.72 Å². The number of ether oxygens (including phenoxy) is 1. The van der Waals surface area contributed by atoms with E-state index < -0.39 is 0 Å². The van der Waals surface area contributed by atoms with Crippen LogP contribution in [0.5, 0.6) is 11.5 Å². The number of aryl methyl sites for hydroxylation is 1. The maximum atomic E-state index is 14.5. The fraction of sp³-hybridized carbons (Fsp3) is 0.208. The molecule has 1 aliphatic heterocycles. The molecular weight excluding hydrogens is 923 g/mol. The van der Waals surface area contributed by atoms with E-state index in [2.05, 4.69) is 153 Å². The summed E-state index contributed by atoms with van der Waals surface area (Å²) in [7, 11) is 0. The second-order valence-corrected chi connectivity index (χ2v) is 16.7. The van der Waals surface area contributed by atoms with Gasteiger partial charge in [0.15, 0.2) is 0 Å². The van der Waals surface area contributed by atoms with Gasteiger partial charge in [0.1, 0.15) is 11.6 Å². The Morgan fingerprint density at radius 1 is 0.717 bits per heavy atom. The zero-order chi connectivity index (χ0) is 40.4. The minimum atomic E-state index is -0.230. The van der Waals surface area contributed by atoms with E-state index in [9.17, 15) is 4.39 Å². The van der Waals surface area contributed by atoms with Gasteiger partial charge in [-0.1, -0.05) is 82.1 Å². The Morgan fingerprint density at radius 3 is 2.15 bits per heavy atom. The molecule has 1 fully saturated rings. The zero-order valence-corrected chi connectivity index (χ0v) is 36.7. The van der Waals surface area contributed by atoms with Crippen molar-refractivity contribution in [2.45, 2.75) is 71.6 Å². The third kappa shape index (κ3) is 7.09. The number of halogens is 1. The monoisotopic (exact) mass is 968 g/mol. The van der Waals surface area contributed by atoms with Crippen LogP contribution in [-0.4, -0.2) is 9.55 Å². The fourth-order valence-corrected chi connectivity index (χ4v) is 8.80. The van der Waals surface area contributed by atoms with Gasteiger partial charge in [0.25, 0.3) is 0 Å². The van der Waals surface area contributed by atoms with E-state index in [1.54, 1.807) is 12.1 Å². The largest absolute Gasteiger partial charge is 0.509 e. The summed E-state index contributed by atoms with van der Waals surface area (Å²) in [5, 5.41) is 2.24. The first-order valence-electron chi connectivity index (χ1n) is 20.8. The number of aromatic nitrogens is 2. The number of para-hydroxylation sites is 3. The molecule has 1 aliphatic carbocycles. The van der Waals surface area contributed by atoms with Crippen molar-refractivity contribution >= 4 is 44.6 Å². The third-order valence-electron chi connectivity index (χ3n) is 12.0. The fourth-order valence-electron chi connectivity index (χ4n) is 8.80. The summed E-state index contributed by atoms with van der Waals surface area (Å²) in [5.41, 5.74) is 13.0. The van der Waals surface area contributed by atoms with Crippen LogP contribution in [0.2, 0.25) is 0 Å². The van der Waals surface area contributed by atoms with E-state index in [1.807, 2.05) is 24.4 Å². The number of benzene rings is 6. The summed E-state index contributed by atoms with van der Waals surface area (Å²) >= 11 is 0. The zero-order valence-electron chi connectivity index (χ0n) is 34.4. The van der Waals surface area contributed by atoms with Gasteiger partial charge in [0, 0.05) is 61.3 Å². The minimum absolute atomic E-state index is 0. The van der Waals surface area contributed by atoms with E-state index in [1.165, 1.54) is 29.2 Å². The minimum Gasteiger partial charge on any atom is -0.509 e. The Morgan fingerprint density at radius 2 is 1.45 bits per heavy atom. The third-order valence-corrected chi connectivity index (χ3v) is 12.0. The van der Waals surface area contributed by atoms with E-state index in [0.717, 1.165) is 79.9 Å². The van der Waals surface area contributed by atoms with E-state index >= 15 is 0 Å². The summed E-state index contributed by atoms with van der Waals surface area (Å²) < 4.78 is 23.5. The molecule has 0 N–H and O–H groups in total. The number of anilines is 4. The van der Waals surface area contributed by atoms with Crippen LogP contribution in [-0.2, 0) is 21.1 Å². The van der Waals surface area contributed by atoms with Gasteiger partial charge in [-0.3, -0.25) is 0 Å². The van der Waals surface area contributed by atoms with Crippen LogP contribution in [0.25, 0.3) is 38.8 Å². The first kappa shape index (κ1) is 39.7. The van der Waals surface area contributed by atoms with Crippen molar-refractivity contribution in [2.24, 2.45) is 0 Å². The summed E-state index contributed by atoms with van der Waals surface area (Å²) in [6.07, 6.45) is 5.40. The van der Waals surface area contributed by atoms with E-state index in [-0.39, 0.29) is 38.7 Å². The molecule has 0 spiro atoms. The molecule has 7 heteroatoms. The van der Waals surface area contributed by atoms with Gasteiger partial charge in [-0.25, -0.2) is 9.37 Å². The SMILES string of the molecule is Cc1ccnc(-n2c3[c-]c(Oc4[c-]c(N5[CH-]N(c6c(C(C)C)cc(-c7cccc(F)c7)cc6C(C)C)c6ccccc65)cc(C5CCC5)c4)ccc3c3ccccc32)c1.[Pt]. The normalized spacial score (nSPS) is 13.9. The van der Waals surface area contributed by atoms with Crippen LogP contribution in [0.4, 0.5) is 27.1 Å². The molecule has 3 heterocycles. The van der Waals surface area contributed by atoms with Gasteiger partial charge in [-0.05, 0) is 125 Å². The number of hydrogen-bond acceptors (Lipinski definition) is 4. The molecule has 5 nitrogen and oxygen atoms in total. The molecule has 10 rings (SSSR count). The second-order valence-electron chi connectivity index (χ2n) is 16.7. The smallest absolute Gasteiger partial charge is 0.135 e. The van der Waals surface area contributed by atoms with Gasteiger partial charge in [0.2, 0.25) is 0 Å². The maximum absolute atomic E-state index is 14.5. The summed E-state index contributed by atoms with van der Waals surface area (Å²) in [6.45, 7) is 13.3. The molecule has 0 radical (unpaired) electrons. The Bertz CT molecular complexity index is 2870. The molecule has 0 saturated heterocycles. The van der Waals surface area contributed by atoms with Crippen molar-refractivity contribution in [3.63, 3.8) is 0 Å². The Kier molecular flexibility index (Phi) is 10.6. The first-order valence-corrected chi connectivity index (χ1v) is 20.8. The van der Waals surface area contributed by atoms with Crippen LogP contribution < -0.4 is 14.5 Å². The number of nitrogens with zero attached hydrogens (tertiary/aromatic N) is 4. The number of fused-ring (bicyclic) bond motifs is 4. The molecule has 1 saturated carbocycles. The van der Waals surface area contributed by atoms with Crippen LogP contribution >= 0.6 is 0 Å². The molecule has 0 atom stereocenters. The predicted molar refractivity (Wildman–Crippen MR) is 239 cm³/mol. The van der Waals surface area contributed by atoms with Crippen molar-refractivity contribution in [1.82, 2.24) is 9.55 Å². The maximum Gasteiger partial charge on any atom is 0.135 e. The molecule has 2 aliphatic rings. The molecule has 2 aromatic heterocycles. The number of rotatable bonds is 9. The molecule has 8 aromatic rings. The molecule has 0 bridgehead atoms. The topological polar surface area (TPSA) is 33.5 Å². The van der Waals surface area contributed by atoms with Crippen molar-refractivity contribution < 1.29 is 30.2 Å². The van der Waals surface area contributed by atoms with Crippen LogP contribution in [0.15, 0.2) is 128 Å². The Balaban J connectivity index is 0.00000462. The first-order chi connectivity index (χ1) is 28.7. The molecule has 60 heavy (non-hydrogen) atoms. The van der Waals surface area contributed by atoms with Crippen molar-refractivity contribution in [2.75, 3.05) is 9.80 Å².